The van der Waals surface area contributed by atoms with E-state index in [9.17, 15) is 22.8 Å². The van der Waals surface area contributed by atoms with Gasteiger partial charge in [-0.2, -0.15) is 13.2 Å². The molecule has 2 aromatic heterocycles. The summed E-state index contributed by atoms with van der Waals surface area (Å²) in [7, 11) is 0. The van der Waals surface area contributed by atoms with Gasteiger partial charge in [-0.05, 0) is 62.1 Å². The van der Waals surface area contributed by atoms with E-state index in [4.69, 9.17) is 43.8 Å². The van der Waals surface area contributed by atoms with E-state index in [1.165, 1.54) is 12.1 Å². The van der Waals surface area contributed by atoms with Crippen molar-refractivity contribution in [3.8, 4) is 22.6 Å². The van der Waals surface area contributed by atoms with Crippen molar-refractivity contribution in [3.05, 3.63) is 80.6 Å². The standard InChI is InChI=1S/C16H16ClF3N2O2.C15H14Cl2N2O2/c1-8(2)9(3)21-15(23)13-12(17)14(24-22-13)10-4-6-11(7-5-10)16(18,19)20;16-10-7-5-9(6-8-10)14-12(17)13(19-21-14)15(20)18-11-3-1-2-4-11/h4-9H,1-3H3,(H,21,23);5-8,11H,1-4H2,(H,18,20)/t9-;/m0./s1. The van der Waals surface area contributed by atoms with E-state index < -0.39 is 17.6 Å². The quantitative estimate of drug-likeness (QED) is 0.201. The smallest absolute Gasteiger partial charge is 0.354 e. The van der Waals surface area contributed by atoms with Crippen molar-refractivity contribution < 1.29 is 31.8 Å². The summed E-state index contributed by atoms with van der Waals surface area (Å²) in [5.74, 6) is -0.134. The highest BCUT2D eigenvalue weighted by Crippen LogP contribution is 2.35. The van der Waals surface area contributed by atoms with Gasteiger partial charge in [-0.1, -0.05) is 83.9 Å². The Balaban J connectivity index is 0.000000206. The zero-order valence-electron chi connectivity index (χ0n) is 24.5. The van der Waals surface area contributed by atoms with Crippen molar-refractivity contribution in [3.63, 3.8) is 0 Å². The summed E-state index contributed by atoms with van der Waals surface area (Å²) in [5.41, 5.74) is 0.284. The third-order valence-electron chi connectivity index (χ3n) is 7.33. The summed E-state index contributed by atoms with van der Waals surface area (Å²) in [6.45, 7) is 5.74. The molecule has 1 saturated carbocycles. The predicted molar refractivity (Wildman–Crippen MR) is 165 cm³/mol. The van der Waals surface area contributed by atoms with Crippen molar-refractivity contribution in [2.24, 2.45) is 5.92 Å². The molecule has 2 N–H and O–H groups in total. The fraction of sp³-hybridized carbons (Fsp3) is 0.355. The molecule has 8 nitrogen and oxygen atoms in total. The van der Waals surface area contributed by atoms with Gasteiger partial charge in [0.25, 0.3) is 11.8 Å². The molecular weight excluding hydrogens is 656 g/mol. The van der Waals surface area contributed by atoms with E-state index in [2.05, 4.69) is 20.9 Å². The number of carbonyl (C=O) groups is 2. The number of benzene rings is 2. The predicted octanol–water partition coefficient (Wildman–Crippen LogP) is 9.11. The maximum atomic E-state index is 12.6. The number of carbonyl (C=O) groups excluding carboxylic acids is 2. The van der Waals surface area contributed by atoms with Crippen LogP contribution in [0.5, 0.6) is 0 Å². The molecular formula is C31H30Cl3F3N4O4. The van der Waals surface area contributed by atoms with Crippen LogP contribution in [-0.4, -0.2) is 34.2 Å². The number of nitrogens with one attached hydrogen (secondary N) is 2. The molecule has 1 aliphatic rings. The average Bonchev–Trinajstić information content (AvgIpc) is 3.74. The largest absolute Gasteiger partial charge is 0.416 e. The number of hydrogen-bond donors (Lipinski definition) is 2. The first-order valence-electron chi connectivity index (χ1n) is 14.1. The van der Waals surface area contributed by atoms with E-state index >= 15 is 0 Å². The minimum absolute atomic E-state index is 0.0387. The normalized spacial score (nSPS) is 14.2. The lowest BCUT2D eigenvalue weighted by atomic mass is 10.1. The summed E-state index contributed by atoms with van der Waals surface area (Å²) in [6.07, 6.45) is -0.126. The highest BCUT2D eigenvalue weighted by Gasteiger charge is 2.31. The van der Waals surface area contributed by atoms with Gasteiger partial charge in [-0.25, -0.2) is 0 Å². The van der Waals surface area contributed by atoms with Crippen LogP contribution in [-0.2, 0) is 6.18 Å². The zero-order chi connectivity index (χ0) is 32.9. The topological polar surface area (TPSA) is 110 Å². The zero-order valence-corrected chi connectivity index (χ0v) is 26.7. The van der Waals surface area contributed by atoms with Crippen LogP contribution in [0.1, 0.15) is 73.0 Å². The highest BCUT2D eigenvalue weighted by molar-refractivity contribution is 6.36. The molecule has 0 radical (unpaired) electrons. The number of nitrogens with zero attached hydrogens (tertiary/aromatic N) is 2. The lowest BCUT2D eigenvalue weighted by Gasteiger charge is -2.16. The number of aromatic nitrogens is 2. The monoisotopic (exact) mass is 684 g/mol. The minimum Gasteiger partial charge on any atom is -0.354 e. The Labute approximate surface area is 272 Å². The summed E-state index contributed by atoms with van der Waals surface area (Å²) >= 11 is 18.2. The number of rotatable bonds is 7. The second-order valence-corrected chi connectivity index (χ2v) is 12.1. The van der Waals surface area contributed by atoms with E-state index in [0.29, 0.717) is 16.3 Å². The van der Waals surface area contributed by atoms with Gasteiger partial charge in [0.2, 0.25) is 0 Å². The average molecular weight is 686 g/mol. The third-order valence-corrected chi connectivity index (χ3v) is 8.28. The molecule has 0 aliphatic heterocycles. The van der Waals surface area contributed by atoms with Gasteiger partial charge in [-0.15, -0.1) is 0 Å². The van der Waals surface area contributed by atoms with Gasteiger partial charge in [0.1, 0.15) is 10.0 Å². The SMILES string of the molecule is CC(C)[C@H](C)NC(=O)c1noc(-c2ccc(C(F)(F)F)cc2)c1Cl.O=C(NC1CCCC1)c1noc(-c2ccc(Cl)cc2)c1Cl. The third kappa shape index (κ3) is 8.59. The molecule has 240 valence electrons. The van der Waals surface area contributed by atoms with E-state index in [1.54, 1.807) is 24.3 Å². The van der Waals surface area contributed by atoms with Crippen LogP contribution in [0.3, 0.4) is 0 Å². The molecule has 14 heteroatoms. The Hall–Kier alpha value is -3.54. The van der Waals surface area contributed by atoms with Gasteiger partial charge >= 0.3 is 6.18 Å². The van der Waals surface area contributed by atoms with E-state index in [-0.39, 0.29) is 51.1 Å². The molecule has 0 spiro atoms. The highest BCUT2D eigenvalue weighted by atomic mass is 35.5. The first-order chi connectivity index (χ1) is 21.3. The summed E-state index contributed by atoms with van der Waals surface area (Å²) in [6, 6.07) is 11.4. The van der Waals surface area contributed by atoms with Crippen molar-refractivity contribution in [2.75, 3.05) is 0 Å². The van der Waals surface area contributed by atoms with Gasteiger partial charge in [-0.3, -0.25) is 9.59 Å². The molecule has 2 aromatic carbocycles. The molecule has 0 unspecified atom stereocenters. The molecule has 45 heavy (non-hydrogen) atoms. The Morgan fingerprint density at radius 2 is 1.27 bits per heavy atom. The van der Waals surface area contributed by atoms with Crippen LogP contribution in [0.25, 0.3) is 22.6 Å². The molecule has 1 aliphatic carbocycles. The Morgan fingerprint density at radius 3 is 1.73 bits per heavy atom. The lowest BCUT2D eigenvalue weighted by molar-refractivity contribution is -0.137. The lowest BCUT2D eigenvalue weighted by Crippen LogP contribution is -2.36. The van der Waals surface area contributed by atoms with Crippen LogP contribution < -0.4 is 10.6 Å². The van der Waals surface area contributed by atoms with Crippen LogP contribution in [0.4, 0.5) is 13.2 Å². The molecule has 5 rings (SSSR count). The molecule has 4 aromatic rings. The number of amides is 2. The van der Waals surface area contributed by atoms with E-state index in [0.717, 1.165) is 43.4 Å². The summed E-state index contributed by atoms with van der Waals surface area (Å²) in [5, 5.41) is 13.9. The van der Waals surface area contributed by atoms with Crippen LogP contribution in [0.2, 0.25) is 15.1 Å². The fourth-order valence-electron chi connectivity index (χ4n) is 4.38. The second kappa shape index (κ2) is 14.7. The van der Waals surface area contributed by atoms with Gasteiger partial charge in [0.15, 0.2) is 22.9 Å². The summed E-state index contributed by atoms with van der Waals surface area (Å²) in [4.78, 5) is 24.3. The second-order valence-electron chi connectivity index (χ2n) is 10.9. The van der Waals surface area contributed by atoms with Crippen LogP contribution in [0.15, 0.2) is 57.6 Å². The Bertz CT molecular complexity index is 1610. The van der Waals surface area contributed by atoms with Crippen molar-refractivity contribution in [2.45, 2.75) is 64.7 Å². The first kappa shape index (κ1) is 34.3. The fourth-order valence-corrected chi connectivity index (χ4v) is 5.03. The van der Waals surface area contributed by atoms with Crippen molar-refractivity contribution in [1.82, 2.24) is 20.9 Å². The van der Waals surface area contributed by atoms with Crippen LogP contribution in [0, 0.1) is 5.92 Å². The number of halogens is 6. The maximum absolute atomic E-state index is 12.6. The minimum atomic E-state index is -4.43. The van der Waals surface area contributed by atoms with Crippen molar-refractivity contribution in [1.29, 1.82) is 0 Å². The molecule has 2 amide bonds. The number of hydrogen-bond acceptors (Lipinski definition) is 6. The molecule has 1 atom stereocenters. The van der Waals surface area contributed by atoms with E-state index in [1.807, 2.05) is 20.8 Å². The molecule has 1 fully saturated rings. The molecule has 2 heterocycles. The maximum Gasteiger partial charge on any atom is 0.416 e. The Kier molecular flexibility index (Phi) is 11.2. The van der Waals surface area contributed by atoms with Gasteiger partial charge in [0, 0.05) is 28.2 Å². The molecule has 0 bridgehead atoms. The van der Waals surface area contributed by atoms with Crippen LogP contribution >= 0.6 is 34.8 Å². The summed E-state index contributed by atoms with van der Waals surface area (Å²) < 4.78 is 48.0. The Morgan fingerprint density at radius 1 is 0.800 bits per heavy atom. The first-order valence-corrected chi connectivity index (χ1v) is 15.2. The van der Waals surface area contributed by atoms with Gasteiger partial charge < -0.3 is 19.7 Å². The molecule has 0 saturated heterocycles. The number of alkyl halides is 3. The van der Waals surface area contributed by atoms with Gasteiger partial charge in [0.05, 0.1) is 5.56 Å². The van der Waals surface area contributed by atoms with Crippen molar-refractivity contribution >= 4 is 46.6 Å².